The number of piperidine rings is 1. The Kier molecular flexibility index (Phi) is 4.78. The summed E-state index contributed by atoms with van der Waals surface area (Å²) < 4.78 is 14.4. The Bertz CT molecular complexity index is 1560. The average Bonchev–Trinajstić information content (AvgIpc) is 3.54. The molecule has 2 bridgehead atoms. The van der Waals surface area contributed by atoms with E-state index in [0.29, 0.717) is 28.1 Å². The summed E-state index contributed by atoms with van der Waals surface area (Å²) in [6.45, 7) is 0. The van der Waals surface area contributed by atoms with Gasteiger partial charge in [0.05, 0.1) is 16.1 Å². The van der Waals surface area contributed by atoms with E-state index in [1.165, 1.54) is 24.2 Å². The SMILES string of the molecule is CN1[C@@H]2CC[C@H]1C[C@@H](Oc1ccc(-n3cnc4cc(-c5cc6ncccc6o5)sc4c3=O)cc1)C2. The first-order valence-corrected chi connectivity index (χ1v) is 12.8. The van der Waals surface area contributed by atoms with Crippen molar-refractivity contribution in [3.8, 4) is 22.1 Å². The maximum Gasteiger partial charge on any atom is 0.275 e. The largest absolute Gasteiger partial charge is 0.490 e. The Balaban J connectivity index is 1.15. The van der Waals surface area contributed by atoms with E-state index in [9.17, 15) is 4.79 Å². The molecule has 0 radical (unpaired) electrons. The molecule has 8 heteroatoms. The molecule has 4 aromatic heterocycles. The topological polar surface area (TPSA) is 73.4 Å². The molecule has 2 aliphatic heterocycles. The van der Waals surface area contributed by atoms with Gasteiger partial charge in [0, 0.05) is 24.3 Å². The Morgan fingerprint density at radius 1 is 1.03 bits per heavy atom. The van der Waals surface area contributed by atoms with Gasteiger partial charge in [0.25, 0.3) is 5.56 Å². The fourth-order valence-corrected chi connectivity index (χ4v) is 6.54. The lowest BCUT2D eigenvalue weighted by atomic mass is 10.0. The maximum absolute atomic E-state index is 13.3. The molecule has 1 aromatic carbocycles. The Morgan fingerprint density at radius 2 is 1.83 bits per heavy atom. The molecule has 0 unspecified atom stereocenters. The summed E-state index contributed by atoms with van der Waals surface area (Å²) in [7, 11) is 2.24. The second kappa shape index (κ2) is 8.03. The van der Waals surface area contributed by atoms with Crippen molar-refractivity contribution in [2.75, 3.05) is 7.05 Å². The molecular weight excluding hydrogens is 460 g/mol. The first kappa shape index (κ1) is 20.8. The number of hydrogen-bond acceptors (Lipinski definition) is 7. The fourth-order valence-electron chi connectivity index (χ4n) is 5.54. The lowest BCUT2D eigenvalue weighted by Gasteiger charge is -2.36. The van der Waals surface area contributed by atoms with Gasteiger partial charge < -0.3 is 14.1 Å². The Labute approximate surface area is 205 Å². The van der Waals surface area contributed by atoms with E-state index in [2.05, 4.69) is 21.9 Å². The molecule has 2 fully saturated rings. The van der Waals surface area contributed by atoms with Crippen LogP contribution in [0.25, 0.3) is 37.6 Å². The Morgan fingerprint density at radius 3 is 2.60 bits per heavy atom. The van der Waals surface area contributed by atoms with Gasteiger partial charge in [-0.25, -0.2) is 4.98 Å². The lowest BCUT2D eigenvalue weighted by molar-refractivity contribution is 0.0662. The van der Waals surface area contributed by atoms with Crippen molar-refractivity contribution in [2.24, 2.45) is 0 Å². The summed E-state index contributed by atoms with van der Waals surface area (Å²) in [6.07, 6.45) is 8.29. The lowest BCUT2D eigenvalue weighted by Crippen LogP contribution is -2.43. The fraction of sp³-hybridized carbons (Fsp3) is 0.296. The van der Waals surface area contributed by atoms with Gasteiger partial charge in [0.1, 0.15) is 34.2 Å². The van der Waals surface area contributed by atoms with Gasteiger partial charge in [-0.3, -0.25) is 14.3 Å². The van der Waals surface area contributed by atoms with E-state index in [4.69, 9.17) is 9.15 Å². The van der Waals surface area contributed by atoms with Crippen molar-refractivity contribution >= 4 is 32.7 Å². The summed E-state index contributed by atoms with van der Waals surface area (Å²) in [5.41, 5.74) is 2.85. The molecule has 176 valence electrons. The van der Waals surface area contributed by atoms with Crippen molar-refractivity contribution < 1.29 is 9.15 Å². The van der Waals surface area contributed by atoms with Gasteiger partial charge in [-0.2, -0.15) is 0 Å². The van der Waals surface area contributed by atoms with Crippen LogP contribution >= 0.6 is 11.3 Å². The van der Waals surface area contributed by atoms with Gasteiger partial charge in [-0.05, 0) is 75.2 Å². The smallest absolute Gasteiger partial charge is 0.275 e. The zero-order valence-electron chi connectivity index (χ0n) is 19.3. The van der Waals surface area contributed by atoms with Crippen LogP contribution in [-0.2, 0) is 0 Å². The molecule has 3 atom stereocenters. The number of benzene rings is 1. The molecule has 5 aromatic rings. The van der Waals surface area contributed by atoms with Crippen molar-refractivity contribution in [1.82, 2.24) is 19.4 Å². The molecule has 0 amide bonds. The summed E-state index contributed by atoms with van der Waals surface area (Å²) in [6, 6.07) is 16.6. The predicted octanol–water partition coefficient (Wildman–Crippen LogP) is 5.26. The summed E-state index contributed by atoms with van der Waals surface area (Å²) in [5, 5.41) is 0. The van der Waals surface area contributed by atoms with Gasteiger partial charge in [0.15, 0.2) is 5.58 Å². The van der Waals surface area contributed by atoms with Crippen molar-refractivity contribution in [3.05, 3.63) is 71.4 Å². The number of pyridine rings is 1. The third-order valence-electron chi connectivity index (χ3n) is 7.44. The standard InChI is InChI=1S/C27H24N4O3S/c1-30-17-4-5-18(30)12-20(11-17)33-19-8-6-16(7-9-19)31-15-29-22-14-25(35-26(22)27(31)32)24-13-21-23(34-24)3-2-10-28-21/h2-3,6-10,13-15,17-18,20H,4-5,11-12H2,1H3/t17-,18+,20+. The van der Waals surface area contributed by atoms with E-state index in [0.717, 1.165) is 40.3 Å². The first-order chi connectivity index (χ1) is 17.1. The molecule has 7 nitrogen and oxygen atoms in total. The highest BCUT2D eigenvalue weighted by Gasteiger charge is 2.39. The van der Waals surface area contributed by atoms with Gasteiger partial charge in [-0.1, -0.05) is 0 Å². The first-order valence-electron chi connectivity index (χ1n) is 12.0. The Hall–Kier alpha value is -3.49. The highest BCUT2D eigenvalue weighted by Crippen LogP contribution is 2.36. The average molecular weight is 485 g/mol. The van der Waals surface area contributed by atoms with Crippen molar-refractivity contribution in [2.45, 2.75) is 43.9 Å². The molecule has 6 heterocycles. The van der Waals surface area contributed by atoms with Gasteiger partial charge in [-0.15, -0.1) is 11.3 Å². The van der Waals surface area contributed by atoms with E-state index < -0.39 is 0 Å². The number of ether oxygens (including phenoxy) is 1. The van der Waals surface area contributed by atoms with Crippen LogP contribution in [0.15, 0.2) is 70.3 Å². The second-order valence-corrected chi connectivity index (χ2v) is 10.5. The molecule has 35 heavy (non-hydrogen) atoms. The van der Waals surface area contributed by atoms with Crippen LogP contribution < -0.4 is 10.3 Å². The number of hydrogen-bond donors (Lipinski definition) is 0. The van der Waals surface area contributed by atoms with E-state index in [1.807, 2.05) is 48.5 Å². The van der Waals surface area contributed by atoms with Crippen LogP contribution in [0, 0.1) is 0 Å². The quantitative estimate of drug-likeness (QED) is 0.347. The number of furan rings is 1. The van der Waals surface area contributed by atoms with E-state index >= 15 is 0 Å². The monoisotopic (exact) mass is 484 g/mol. The molecule has 0 aliphatic carbocycles. The minimum Gasteiger partial charge on any atom is -0.490 e. The minimum atomic E-state index is -0.0963. The third-order valence-corrected chi connectivity index (χ3v) is 8.57. The maximum atomic E-state index is 13.3. The van der Waals surface area contributed by atoms with Gasteiger partial charge >= 0.3 is 0 Å². The molecule has 7 rings (SSSR count). The minimum absolute atomic E-state index is 0.0963. The van der Waals surface area contributed by atoms with Crippen LogP contribution in [0.4, 0.5) is 0 Å². The molecule has 0 N–H and O–H groups in total. The summed E-state index contributed by atoms with van der Waals surface area (Å²) in [4.78, 5) is 25.6. The van der Waals surface area contributed by atoms with E-state index in [-0.39, 0.29) is 11.7 Å². The van der Waals surface area contributed by atoms with Crippen molar-refractivity contribution in [1.29, 1.82) is 0 Å². The molecule has 2 aliphatic rings. The third kappa shape index (κ3) is 3.56. The number of fused-ring (bicyclic) bond motifs is 4. The van der Waals surface area contributed by atoms with Crippen LogP contribution in [0.5, 0.6) is 5.75 Å². The molecular formula is C27H24N4O3S. The normalized spacial score (nSPS) is 22.3. The number of thiophene rings is 1. The number of aromatic nitrogens is 3. The molecule has 0 spiro atoms. The summed E-state index contributed by atoms with van der Waals surface area (Å²) >= 11 is 1.39. The van der Waals surface area contributed by atoms with E-state index in [1.54, 1.807) is 17.1 Å². The van der Waals surface area contributed by atoms with Crippen LogP contribution in [0.2, 0.25) is 0 Å². The number of nitrogens with zero attached hydrogens (tertiary/aromatic N) is 4. The second-order valence-electron chi connectivity index (χ2n) is 9.50. The van der Waals surface area contributed by atoms with Crippen molar-refractivity contribution in [3.63, 3.8) is 0 Å². The summed E-state index contributed by atoms with van der Waals surface area (Å²) in [5.74, 6) is 1.54. The van der Waals surface area contributed by atoms with Crippen LogP contribution in [0.3, 0.4) is 0 Å². The highest BCUT2D eigenvalue weighted by molar-refractivity contribution is 7.22. The predicted molar refractivity (Wildman–Crippen MR) is 136 cm³/mol. The zero-order valence-corrected chi connectivity index (χ0v) is 20.1. The number of rotatable bonds is 4. The van der Waals surface area contributed by atoms with Crippen LogP contribution in [0.1, 0.15) is 25.7 Å². The van der Waals surface area contributed by atoms with Gasteiger partial charge in [0.2, 0.25) is 0 Å². The zero-order chi connectivity index (χ0) is 23.5. The highest BCUT2D eigenvalue weighted by atomic mass is 32.1. The van der Waals surface area contributed by atoms with Crippen LogP contribution in [-0.4, -0.2) is 44.7 Å². The molecule has 2 saturated heterocycles. The molecule has 0 saturated carbocycles.